The number of carbonyl (C=O) groups excluding carboxylic acids is 1. The van der Waals surface area contributed by atoms with Gasteiger partial charge in [-0.25, -0.2) is 4.79 Å². The number of anilines is 1. The number of aryl methyl sites for hydroxylation is 1. The summed E-state index contributed by atoms with van der Waals surface area (Å²) in [7, 11) is 0. The number of aromatic nitrogens is 1. The summed E-state index contributed by atoms with van der Waals surface area (Å²) in [4.78, 5) is 28.3. The van der Waals surface area contributed by atoms with Crippen LogP contribution in [0.25, 0.3) is 10.9 Å². The van der Waals surface area contributed by atoms with Crippen molar-refractivity contribution >= 4 is 22.5 Å². The van der Waals surface area contributed by atoms with Crippen LogP contribution in [-0.2, 0) is 4.79 Å². The standard InChI is InChI=1S/C19H22N2O4/c1-4-12(13-7-8-13)10-24-19-21-17-14(20-15(22)5-2)9-6-11(3)16(17)18(23)25-19/h5-6,9,12-13H,2,4,7-8,10H2,1,3H3,(H,20,22). The first-order valence-electron chi connectivity index (χ1n) is 8.54. The summed E-state index contributed by atoms with van der Waals surface area (Å²) >= 11 is 0. The van der Waals surface area contributed by atoms with Crippen LogP contribution in [0.5, 0.6) is 6.08 Å². The number of nitrogens with one attached hydrogen (secondary N) is 1. The van der Waals surface area contributed by atoms with Crippen LogP contribution in [0.2, 0.25) is 0 Å². The highest BCUT2D eigenvalue weighted by atomic mass is 16.6. The van der Waals surface area contributed by atoms with Crippen LogP contribution < -0.4 is 15.7 Å². The van der Waals surface area contributed by atoms with Crippen LogP contribution in [0.15, 0.2) is 34.0 Å². The van der Waals surface area contributed by atoms with Gasteiger partial charge >= 0.3 is 11.7 Å². The molecule has 0 spiro atoms. The molecule has 1 aromatic carbocycles. The number of nitrogens with zero attached hydrogens (tertiary/aromatic N) is 1. The Bertz CT molecular complexity index is 868. The topological polar surface area (TPSA) is 81.4 Å². The number of amides is 1. The average molecular weight is 342 g/mol. The molecule has 132 valence electrons. The fourth-order valence-electron chi connectivity index (χ4n) is 2.99. The third-order valence-electron chi connectivity index (χ3n) is 4.65. The van der Waals surface area contributed by atoms with E-state index in [2.05, 4.69) is 23.8 Å². The van der Waals surface area contributed by atoms with Gasteiger partial charge in [0.15, 0.2) is 0 Å². The normalized spacial score (nSPS) is 15.0. The fraction of sp³-hybridized carbons (Fsp3) is 0.421. The van der Waals surface area contributed by atoms with Crippen molar-refractivity contribution in [1.82, 2.24) is 4.98 Å². The van der Waals surface area contributed by atoms with E-state index in [4.69, 9.17) is 9.15 Å². The van der Waals surface area contributed by atoms with Crippen LogP contribution in [0.3, 0.4) is 0 Å². The van der Waals surface area contributed by atoms with Gasteiger partial charge in [0.1, 0.15) is 5.52 Å². The molecule has 6 heteroatoms. The quantitative estimate of drug-likeness (QED) is 0.780. The molecule has 0 saturated heterocycles. The van der Waals surface area contributed by atoms with Crippen LogP contribution in [-0.4, -0.2) is 17.5 Å². The minimum absolute atomic E-state index is 0.0590. The van der Waals surface area contributed by atoms with Gasteiger partial charge in [-0.05, 0) is 55.7 Å². The molecule has 1 aliphatic carbocycles. The summed E-state index contributed by atoms with van der Waals surface area (Å²) < 4.78 is 10.9. The van der Waals surface area contributed by atoms with Gasteiger partial charge in [-0.1, -0.05) is 19.6 Å². The van der Waals surface area contributed by atoms with E-state index in [9.17, 15) is 9.59 Å². The minimum atomic E-state index is -0.522. The Hall–Kier alpha value is -2.63. The maximum atomic E-state index is 12.4. The Kier molecular flexibility index (Phi) is 4.88. The molecule has 1 aromatic heterocycles. The Morgan fingerprint density at radius 2 is 2.28 bits per heavy atom. The summed E-state index contributed by atoms with van der Waals surface area (Å²) in [6.07, 6.45) is 4.58. The smallest absolute Gasteiger partial charge is 0.397 e. The number of benzene rings is 1. The molecule has 1 heterocycles. The van der Waals surface area contributed by atoms with E-state index in [1.807, 2.05) is 0 Å². The van der Waals surface area contributed by atoms with Gasteiger partial charge in [0, 0.05) is 0 Å². The average Bonchev–Trinajstić information content (AvgIpc) is 3.42. The lowest BCUT2D eigenvalue weighted by atomic mass is 10.0. The lowest BCUT2D eigenvalue weighted by molar-refractivity contribution is -0.111. The summed E-state index contributed by atoms with van der Waals surface area (Å²) in [6.45, 7) is 7.83. The van der Waals surface area contributed by atoms with Crippen molar-refractivity contribution < 1.29 is 13.9 Å². The second kappa shape index (κ2) is 7.09. The van der Waals surface area contributed by atoms with Crippen molar-refractivity contribution in [2.45, 2.75) is 33.1 Å². The van der Waals surface area contributed by atoms with E-state index >= 15 is 0 Å². The predicted molar refractivity (Wildman–Crippen MR) is 95.8 cm³/mol. The summed E-state index contributed by atoms with van der Waals surface area (Å²) in [5.41, 5.74) is 0.994. The van der Waals surface area contributed by atoms with Gasteiger partial charge in [-0.2, -0.15) is 4.98 Å². The van der Waals surface area contributed by atoms with E-state index in [0.717, 1.165) is 18.1 Å². The molecule has 1 saturated carbocycles. The third kappa shape index (κ3) is 3.73. The SMILES string of the molecule is C=CC(=O)Nc1ccc(C)c2c(=O)oc(OCC(CC)C3CC3)nc12. The first-order chi connectivity index (χ1) is 12.0. The van der Waals surface area contributed by atoms with Gasteiger partial charge in [0.25, 0.3) is 0 Å². The van der Waals surface area contributed by atoms with Crippen molar-refractivity contribution in [2.75, 3.05) is 11.9 Å². The lowest BCUT2D eigenvalue weighted by Crippen LogP contribution is -2.16. The zero-order valence-electron chi connectivity index (χ0n) is 14.5. The molecule has 1 unspecified atom stereocenters. The lowest BCUT2D eigenvalue weighted by Gasteiger charge is -2.14. The first-order valence-corrected chi connectivity index (χ1v) is 8.54. The van der Waals surface area contributed by atoms with Crippen molar-refractivity contribution in [3.63, 3.8) is 0 Å². The second-order valence-corrected chi connectivity index (χ2v) is 6.43. The molecular formula is C19H22N2O4. The summed E-state index contributed by atoms with van der Waals surface area (Å²) in [5.74, 6) is 0.768. The van der Waals surface area contributed by atoms with Crippen LogP contribution in [0.1, 0.15) is 31.7 Å². The molecular weight excluding hydrogens is 320 g/mol. The fourth-order valence-corrected chi connectivity index (χ4v) is 2.99. The third-order valence-corrected chi connectivity index (χ3v) is 4.65. The Labute approximate surface area is 145 Å². The number of rotatable bonds is 7. The predicted octanol–water partition coefficient (Wildman–Crippen LogP) is 3.44. The van der Waals surface area contributed by atoms with Crippen molar-refractivity contribution in [2.24, 2.45) is 11.8 Å². The molecule has 0 aliphatic heterocycles. The van der Waals surface area contributed by atoms with Crippen LogP contribution in [0, 0.1) is 18.8 Å². The molecule has 1 N–H and O–H groups in total. The highest BCUT2D eigenvalue weighted by Crippen LogP contribution is 2.38. The Morgan fingerprint density at radius 3 is 2.92 bits per heavy atom. The molecule has 0 bridgehead atoms. The van der Waals surface area contributed by atoms with E-state index in [1.165, 1.54) is 12.8 Å². The van der Waals surface area contributed by atoms with Crippen LogP contribution in [0.4, 0.5) is 5.69 Å². The van der Waals surface area contributed by atoms with Crippen molar-refractivity contribution in [3.8, 4) is 6.08 Å². The highest BCUT2D eigenvalue weighted by molar-refractivity contribution is 6.05. The van der Waals surface area contributed by atoms with E-state index < -0.39 is 5.63 Å². The number of carbonyl (C=O) groups is 1. The monoisotopic (exact) mass is 342 g/mol. The van der Waals surface area contributed by atoms with Gasteiger partial charge in [-0.15, -0.1) is 0 Å². The maximum absolute atomic E-state index is 12.4. The molecule has 25 heavy (non-hydrogen) atoms. The van der Waals surface area contributed by atoms with E-state index in [-0.39, 0.29) is 12.0 Å². The Morgan fingerprint density at radius 1 is 1.52 bits per heavy atom. The number of hydrogen-bond donors (Lipinski definition) is 1. The van der Waals surface area contributed by atoms with Crippen molar-refractivity contribution in [3.05, 3.63) is 40.8 Å². The highest BCUT2D eigenvalue weighted by Gasteiger charge is 2.30. The molecule has 1 aliphatic rings. The van der Waals surface area contributed by atoms with Gasteiger partial charge < -0.3 is 14.5 Å². The summed E-state index contributed by atoms with van der Waals surface area (Å²) in [5, 5.41) is 3.00. The molecule has 6 nitrogen and oxygen atoms in total. The maximum Gasteiger partial charge on any atom is 0.397 e. The van der Waals surface area contributed by atoms with Gasteiger partial charge in [0.05, 0.1) is 17.7 Å². The molecule has 3 rings (SSSR count). The van der Waals surface area contributed by atoms with Crippen LogP contribution >= 0.6 is 0 Å². The number of ether oxygens (including phenoxy) is 1. The zero-order valence-corrected chi connectivity index (χ0v) is 14.5. The van der Waals surface area contributed by atoms with Crippen molar-refractivity contribution in [1.29, 1.82) is 0 Å². The van der Waals surface area contributed by atoms with Gasteiger partial charge in [0.2, 0.25) is 5.91 Å². The molecule has 1 atom stereocenters. The van der Waals surface area contributed by atoms with E-state index in [1.54, 1.807) is 19.1 Å². The second-order valence-electron chi connectivity index (χ2n) is 6.43. The number of fused-ring (bicyclic) bond motifs is 1. The largest absolute Gasteiger partial charge is 0.450 e. The molecule has 1 amide bonds. The summed E-state index contributed by atoms with van der Waals surface area (Å²) in [6, 6.07) is 3.44. The zero-order chi connectivity index (χ0) is 18.0. The first kappa shape index (κ1) is 17.2. The molecule has 2 aromatic rings. The van der Waals surface area contributed by atoms with E-state index in [0.29, 0.717) is 35.0 Å². The van der Waals surface area contributed by atoms with Gasteiger partial charge in [-0.3, -0.25) is 4.79 Å². The Balaban J connectivity index is 1.95. The minimum Gasteiger partial charge on any atom is -0.450 e. The number of hydrogen-bond acceptors (Lipinski definition) is 5. The molecule has 0 radical (unpaired) electrons. The molecule has 1 fully saturated rings.